The van der Waals surface area contributed by atoms with Gasteiger partial charge in [-0.3, -0.25) is 19.1 Å². The molecule has 0 unspecified atom stereocenters. The van der Waals surface area contributed by atoms with Crippen molar-refractivity contribution in [1.82, 2.24) is 13.8 Å². The van der Waals surface area contributed by atoms with E-state index in [0.717, 1.165) is 11.1 Å². The number of Topliss-reactive ketones (excluding diaryl/α,β-unsaturated/α-hetero) is 1. The molecule has 0 atom stereocenters. The third kappa shape index (κ3) is 3.44. The minimum Gasteiger partial charge on any atom is -0.313 e. The Balaban J connectivity index is 1.56. The number of benzene rings is 2. The van der Waals surface area contributed by atoms with E-state index in [1.807, 2.05) is 66.7 Å². The minimum absolute atomic E-state index is 0.0758. The standard InChI is InChI=1S/C27H22N4O3/c1-18-23(27(34)31(29(18)2)20-13-7-4-8-14-20)28-26(33)25(32)24-22(19-11-5-3-6-12-19)17-21-15-9-10-16-30(21)24/h3-17H,1-2H3,(H,28,33). The number of pyridine rings is 1. The lowest BCUT2D eigenvalue weighted by atomic mass is 10.0. The second-order valence-electron chi connectivity index (χ2n) is 7.99. The normalized spacial score (nSPS) is 11.0. The van der Waals surface area contributed by atoms with Crippen molar-refractivity contribution in [3.8, 4) is 16.8 Å². The molecule has 1 amide bonds. The number of ketones is 1. The fourth-order valence-electron chi connectivity index (χ4n) is 4.18. The van der Waals surface area contributed by atoms with Gasteiger partial charge in [-0.2, -0.15) is 0 Å². The summed E-state index contributed by atoms with van der Waals surface area (Å²) >= 11 is 0. The average Bonchev–Trinajstić information content (AvgIpc) is 3.35. The van der Waals surface area contributed by atoms with Gasteiger partial charge in [0.05, 0.1) is 11.4 Å². The Morgan fingerprint density at radius 1 is 0.853 bits per heavy atom. The second-order valence-corrected chi connectivity index (χ2v) is 7.99. The lowest BCUT2D eigenvalue weighted by Crippen LogP contribution is -2.28. The highest BCUT2D eigenvalue weighted by molar-refractivity contribution is 6.47. The second kappa shape index (κ2) is 8.37. The summed E-state index contributed by atoms with van der Waals surface area (Å²) in [6, 6.07) is 26.0. The summed E-state index contributed by atoms with van der Waals surface area (Å²) in [4.78, 5) is 39.8. The number of carbonyl (C=O) groups is 2. The van der Waals surface area contributed by atoms with Crippen LogP contribution < -0.4 is 10.9 Å². The molecule has 0 saturated carbocycles. The molecule has 5 rings (SSSR count). The first-order valence-corrected chi connectivity index (χ1v) is 10.8. The van der Waals surface area contributed by atoms with E-state index in [2.05, 4.69) is 5.32 Å². The van der Waals surface area contributed by atoms with Gasteiger partial charge in [0.2, 0.25) is 0 Å². The van der Waals surface area contributed by atoms with Crippen molar-refractivity contribution in [3.63, 3.8) is 0 Å². The van der Waals surface area contributed by atoms with Crippen molar-refractivity contribution in [2.45, 2.75) is 6.92 Å². The van der Waals surface area contributed by atoms with Crippen LogP contribution in [0.15, 0.2) is 95.9 Å². The molecule has 0 aliphatic rings. The van der Waals surface area contributed by atoms with Gasteiger partial charge in [0.25, 0.3) is 17.2 Å². The number of nitrogens with zero attached hydrogens (tertiary/aromatic N) is 3. The molecule has 3 aromatic heterocycles. The number of aromatic nitrogens is 3. The molecular weight excluding hydrogens is 428 g/mol. The maximum Gasteiger partial charge on any atom is 0.298 e. The average molecular weight is 450 g/mol. The molecule has 1 N–H and O–H groups in total. The van der Waals surface area contributed by atoms with E-state index in [9.17, 15) is 14.4 Å². The van der Waals surface area contributed by atoms with Crippen LogP contribution in [0.4, 0.5) is 5.69 Å². The van der Waals surface area contributed by atoms with Gasteiger partial charge >= 0.3 is 0 Å². The number of carbonyl (C=O) groups excluding carboxylic acids is 2. The van der Waals surface area contributed by atoms with Crippen LogP contribution in [-0.4, -0.2) is 25.5 Å². The maximum absolute atomic E-state index is 13.5. The summed E-state index contributed by atoms with van der Waals surface area (Å²) in [7, 11) is 1.73. The summed E-state index contributed by atoms with van der Waals surface area (Å²) in [6.07, 6.45) is 1.75. The molecule has 7 heteroatoms. The van der Waals surface area contributed by atoms with Crippen LogP contribution >= 0.6 is 0 Å². The Labute approximate surface area is 195 Å². The van der Waals surface area contributed by atoms with Gasteiger partial charge in [-0.05, 0) is 42.8 Å². The molecule has 0 bridgehead atoms. The number of hydrogen-bond acceptors (Lipinski definition) is 3. The zero-order chi connectivity index (χ0) is 23.8. The molecule has 3 heterocycles. The van der Waals surface area contributed by atoms with E-state index < -0.39 is 17.2 Å². The topological polar surface area (TPSA) is 77.5 Å². The molecule has 5 aromatic rings. The summed E-state index contributed by atoms with van der Waals surface area (Å²) in [5, 5.41) is 2.58. The molecule has 34 heavy (non-hydrogen) atoms. The summed E-state index contributed by atoms with van der Waals surface area (Å²) in [5.41, 5.74) is 3.38. The number of amides is 1. The molecule has 0 spiro atoms. The monoisotopic (exact) mass is 450 g/mol. The lowest BCUT2D eigenvalue weighted by molar-refractivity contribution is -0.112. The van der Waals surface area contributed by atoms with E-state index in [0.29, 0.717) is 16.9 Å². The van der Waals surface area contributed by atoms with Crippen molar-refractivity contribution in [2.24, 2.45) is 7.05 Å². The lowest BCUT2D eigenvalue weighted by Gasteiger charge is -2.07. The smallest absolute Gasteiger partial charge is 0.298 e. The number of hydrogen-bond donors (Lipinski definition) is 1. The van der Waals surface area contributed by atoms with Crippen LogP contribution in [-0.2, 0) is 11.8 Å². The molecule has 0 saturated heterocycles. The van der Waals surface area contributed by atoms with Gasteiger partial charge in [-0.25, -0.2) is 4.68 Å². The molecule has 2 aromatic carbocycles. The third-order valence-corrected chi connectivity index (χ3v) is 5.98. The summed E-state index contributed by atoms with van der Waals surface area (Å²) < 4.78 is 4.81. The first-order chi connectivity index (χ1) is 16.5. The highest BCUT2D eigenvalue weighted by Crippen LogP contribution is 2.28. The zero-order valence-corrected chi connectivity index (χ0v) is 18.7. The van der Waals surface area contributed by atoms with Crippen molar-refractivity contribution >= 4 is 22.9 Å². The van der Waals surface area contributed by atoms with E-state index in [1.54, 1.807) is 47.4 Å². The van der Waals surface area contributed by atoms with E-state index in [1.165, 1.54) is 4.68 Å². The van der Waals surface area contributed by atoms with Gasteiger partial charge in [0.1, 0.15) is 11.4 Å². The van der Waals surface area contributed by atoms with Crippen molar-refractivity contribution in [1.29, 1.82) is 0 Å². The fraction of sp³-hybridized carbons (Fsp3) is 0.0741. The Morgan fingerprint density at radius 2 is 1.50 bits per heavy atom. The van der Waals surface area contributed by atoms with E-state index in [4.69, 9.17) is 0 Å². The number of nitrogens with one attached hydrogen (secondary N) is 1. The molecule has 0 radical (unpaired) electrons. The molecular formula is C27H22N4O3. The van der Waals surface area contributed by atoms with Crippen LogP contribution in [0.25, 0.3) is 22.3 Å². The molecule has 0 fully saturated rings. The predicted octanol–water partition coefficient (Wildman–Crippen LogP) is 4.23. The Hall–Kier alpha value is -4.65. The van der Waals surface area contributed by atoms with Gasteiger partial charge in [-0.15, -0.1) is 0 Å². The molecule has 7 nitrogen and oxygen atoms in total. The van der Waals surface area contributed by atoms with Gasteiger partial charge in [0, 0.05) is 24.3 Å². The zero-order valence-electron chi connectivity index (χ0n) is 18.7. The van der Waals surface area contributed by atoms with Crippen LogP contribution in [0.3, 0.4) is 0 Å². The number of rotatable bonds is 5. The van der Waals surface area contributed by atoms with Crippen LogP contribution in [0.5, 0.6) is 0 Å². The Kier molecular flexibility index (Phi) is 5.22. The van der Waals surface area contributed by atoms with Gasteiger partial charge in [0.15, 0.2) is 0 Å². The highest BCUT2D eigenvalue weighted by Gasteiger charge is 2.27. The number of fused-ring (bicyclic) bond motifs is 1. The SMILES string of the molecule is Cc1c(NC(=O)C(=O)c2c(-c3ccccc3)cc3ccccn23)c(=O)n(-c2ccccc2)n1C. The summed E-state index contributed by atoms with van der Waals surface area (Å²) in [6.45, 7) is 1.73. The van der Waals surface area contributed by atoms with Gasteiger partial charge < -0.3 is 9.72 Å². The van der Waals surface area contributed by atoms with Crippen LogP contribution in [0, 0.1) is 6.92 Å². The maximum atomic E-state index is 13.5. The summed E-state index contributed by atoms with van der Waals surface area (Å²) in [5.74, 6) is -1.59. The van der Waals surface area contributed by atoms with Crippen molar-refractivity contribution in [2.75, 3.05) is 5.32 Å². The largest absolute Gasteiger partial charge is 0.313 e. The minimum atomic E-state index is -0.868. The quantitative estimate of drug-likeness (QED) is 0.322. The molecule has 0 aliphatic heterocycles. The number of anilines is 1. The highest BCUT2D eigenvalue weighted by atomic mass is 16.2. The molecule has 168 valence electrons. The van der Waals surface area contributed by atoms with Crippen LogP contribution in [0.1, 0.15) is 16.2 Å². The van der Waals surface area contributed by atoms with Gasteiger partial charge in [-0.1, -0.05) is 54.6 Å². The van der Waals surface area contributed by atoms with Crippen molar-refractivity contribution < 1.29 is 9.59 Å². The molecule has 0 aliphatic carbocycles. The first-order valence-electron chi connectivity index (χ1n) is 10.8. The third-order valence-electron chi connectivity index (χ3n) is 5.98. The van der Waals surface area contributed by atoms with E-state index in [-0.39, 0.29) is 11.4 Å². The Bertz CT molecular complexity index is 1590. The van der Waals surface area contributed by atoms with E-state index >= 15 is 0 Å². The predicted molar refractivity (Wildman–Crippen MR) is 132 cm³/mol. The number of para-hydroxylation sites is 1. The van der Waals surface area contributed by atoms with Crippen molar-refractivity contribution in [3.05, 3.63) is 113 Å². The fourth-order valence-corrected chi connectivity index (χ4v) is 4.18. The van der Waals surface area contributed by atoms with Crippen LogP contribution in [0.2, 0.25) is 0 Å². The first kappa shape index (κ1) is 21.2. The Morgan fingerprint density at radius 3 is 2.21 bits per heavy atom.